The van der Waals surface area contributed by atoms with Gasteiger partial charge < -0.3 is 0 Å². The highest BCUT2D eigenvalue weighted by Crippen LogP contribution is 2.23. The summed E-state index contributed by atoms with van der Waals surface area (Å²) in [5.74, 6) is 0.288. The third-order valence-electron chi connectivity index (χ3n) is 2.85. The van der Waals surface area contributed by atoms with Gasteiger partial charge in [-0.2, -0.15) is 0 Å². The second-order valence-corrected chi connectivity index (χ2v) is 5.30. The Morgan fingerprint density at radius 2 is 1.80 bits per heavy atom. The van der Waals surface area contributed by atoms with Gasteiger partial charge in [0.1, 0.15) is 0 Å². The van der Waals surface area contributed by atoms with Crippen molar-refractivity contribution in [3.8, 4) is 0 Å². The smallest absolute Gasteiger partial charge is 0.269 e. The van der Waals surface area contributed by atoms with Gasteiger partial charge in [0.25, 0.3) is 5.69 Å². The molecule has 5 heteroatoms. The van der Waals surface area contributed by atoms with E-state index < -0.39 is 4.92 Å². The number of nitro groups is 1. The average molecular weight is 287 g/mol. The standard InChI is InChI=1S/C15H13NO3S/c1-11-4-2-3-5-15(11)20-10-14(17)12-6-8-13(9-7-12)16(18)19/h2-9H,10H2,1H3. The fraction of sp³-hybridized carbons (Fsp3) is 0.133. The van der Waals surface area contributed by atoms with E-state index >= 15 is 0 Å². The van der Waals surface area contributed by atoms with E-state index in [4.69, 9.17) is 0 Å². The number of ketones is 1. The summed E-state index contributed by atoms with van der Waals surface area (Å²) >= 11 is 1.48. The monoisotopic (exact) mass is 287 g/mol. The van der Waals surface area contributed by atoms with E-state index in [0.717, 1.165) is 10.5 Å². The number of hydrogen-bond donors (Lipinski definition) is 0. The fourth-order valence-electron chi connectivity index (χ4n) is 1.71. The molecule has 0 bridgehead atoms. The Balaban J connectivity index is 2.02. The Morgan fingerprint density at radius 1 is 1.15 bits per heavy atom. The summed E-state index contributed by atoms with van der Waals surface area (Å²) in [4.78, 5) is 23.2. The molecule has 2 aromatic rings. The van der Waals surface area contributed by atoms with Crippen LogP contribution in [0.1, 0.15) is 15.9 Å². The molecule has 0 unspecified atom stereocenters. The second kappa shape index (κ2) is 6.34. The van der Waals surface area contributed by atoms with Crippen molar-refractivity contribution < 1.29 is 9.72 Å². The molecule has 0 spiro atoms. The van der Waals surface area contributed by atoms with Crippen LogP contribution in [0.2, 0.25) is 0 Å². The van der Waals surface area contributed by atoms with Gasteiger partial charge in [0.15, 0.2) is 5.78 Å². The first kappa shape index (κ1) is 14.3. The SMILES string of the molecule is Cc1ccccc1SCC(=O)c1ccc([N+](=O)[O-])cc1. The van der Waals surface area contributed by atoms with Crippen molar-refractivity contribution in [2.24, 2.45) is 0 Å². The summed E-state index contributed by atoms with van der Waals surface area (Å²) in [6.07, 6.45) is 0. The summed E-state index contributed by atoms with van der Waals surface area (Å²) in [6, 6.07) is 13.6. The Kier molecular flexibility index (Phi) is 4.53. The molecule has 0 radical (unpaired) electrons. The third kappa shape index (κ3) is 3.45. The number of non-ortho nitro benzene ring substituents is 1. The van der Waals surface area contributed by atoms with Crippen molar-refractivity contribution in [2.45, 2.75) is 11.8 Å². The lowest BCUT2D eigenvalue weighted by Crippen LogP contribution is -2.02. The Hall–Kier alpha value is -2.14. The van der Waals surface area contributed by atoms with Crippen LogP contribution in [0.4, 0.5) is 5.69 Å². The molecule has 4 nitrogen and oxygen atoms in total. The number of carbonyl (C=O) groups is 1. The van der Waals surface area contributed by atoms with Gasteiger partial charge in [-0.15, -0.1) is 11.8 Å². The van der Waals surface area contributed by atoms with Crippen LogP contribution < -0.4 is 0 Å². The molecule has 0 aliphatic heterocycles. The van der Waals surface area contributed by atoms with Gasteiger partial charge in [0, 0.05) is 22.6 Å². The highest BCUT2D eigenvalue weighted by atomic mass is 32.2. The van der Waals surface area contributed by atoms with Crippen molar-refractivity contribution >= 4 is 23.2 Å². The lowest BCUT2D eigenvalue weighted by Gasteiger charge is -2.04. The molecule has 0 atom stereocenters. The van der Waals surface area contributed by atoms with Crippen LogP contribution in [-0.4, -0.2) is 16.5 Å². The molecule has 20 heavy (non-hydrogen) atoms. The number of Topliss-reactive ketones (excluding diaryl/α,β-unsaturated/α-hetero) is 1. The number of hydrogen-bond acceptors (Lipinski definition) is 4. The van der Waals surface area contributed by atoms with Crippen LogP contribution in [0.25, 0.3) is 0 Å². The van der Waals surface area contributed by atoms with E-state index in [2.05, 4.69) is 0 Å². The summed E-state index contributed by atoms with van der Waals surface area (Å²) < 4.78 is 0. The van der Waals surface area contributed by atoms with E-state index in [1.54, 1.807) is 0 Å². The zero-order valence-corrected chi connectivity index (χ0v) is 11.7. The van der Waals surface area contributed by atoms with Crippen molar-refractivity contribution in [2.75, 3.05) is 5.75 Å². The number of nitrogens with zero attached hydrogens (tertiary/aromatic N) is 1. The zero-order chi connectivity index (χ0) is 14.5. The number of aryl methyl sites for hydroxylation is 1. The first-order valence-corrected chi connectivity index (χ1v) is 7.02. The largest absolute Gasteiger partial charge is 0.293 e. The molecule has 102 valence electrons. The topological polar surface area (TPSA) is 60.2 Å². The van der Waals surface area contributed by atoms with Crippen molar-refractivity contribution in [1.29, 1.82) is 0 Å². The average Bonchev–Trinajstić information content (AvgIpc) is 2.46. The van der Waals surface area contributed by atoms with Gasteiger partial charge >= 0.3 is 0 Å². The lowest BCUT2D eigenvalue weighted by molar-refractivity contribution is -0.384. The maximum atomic E-state index is 12.0. The molecule has 0 heterocycles. The minimum Gasteiger partial charge on any atom is -0.293 e. The maximum absolute atomic E-state index is 12.0. The molecular formula is C15H13NO3S. The first-order valence-electron chi connectivity index (χ1n) is 6.04. The van der Waals surface area contributed by atoms with E-state index in [9.17, 15) is 14.9 Å². The molecule has 0 aromatic heterocycles. The van der Waals surface area contributed by atoms with Gasteiger partial charge in [-0.3, -0.25) is 14.9 Å². The number of carbonyl (C=O) groups excluding carboxylic acids is 1. The minimum atomic E-state index is -0.476. The van der Waals surface area contributed by atoms with Gasteiger partial charge in [0.05, 0.1) is 10.7 Å². The molecule has 0 aliphatic carbocycles. The summed E-state index contributed by atoms with van der Waals surface area (Å²) in [5, 5.41) is 10.5. The number of benzene rings is 2. The zero-order valence-electron chi connectivity index (χ0n) is 10.9. The minimum absolute atomic E-state index is 0.00638. The van der Waals surface area contributed by atoms with E-state index in [1.165, 1.54) is 36.0 Å². The third-order valence-corrected chi connectivity index (χ3v) is 4.03. The molecule has 0 saturated heterocycles. The quantitative estimate of drug-likeness (QED) is 0.362. The predicted octanol–water partition coefficient (Wildman–Crippen LogP) is 3.88. The molecule has 0 fully saturated rings. The van der Waals surface area contributed by atoms with Crippen molar-refractivity contribution in [3.05, 3.63) is 69.8 Å². The lowest BCUT2D eigenvalue weighted by atomic mass is 10.1. The van der Waals surface area contributed by atoms with Gasteiger partial charge in [-0.1, -0.05) is 18.2 Å². The number of rotatable bonds is 5. The molecule has 2 aromatic carbocycles. The molecule has 0 amide bonds. The van der Waals surface area contributed by atoms with E-state index in [0.29, 0.717) is 11.3 Å². The molecule has 0 N–H and O–H groups in total. The van der Waals surface area contributed by atoms with Gasteiger partial charge in [-0.25, -0.2) is 0 Å². The Bertz CT molecular complexity index is 638. The van der Waals surface area contributed by atoms with Crippen LogP contribution in [0.3, 0.4) is 0 Å². The van der Waals surface area contributed by atoms with E-state index in [1.807, 2.05) is 31.2 Å². The van der Waals surface area contributed by atoms with Gasteiger partial charge in [0.2, 0.25) is 0 Å². The summed E-state index contributed by atoms with van der Waals surface area (Å²) in [7, 11) is 0. The number of nitro benzene ring substituents is 1. The van der Waals surface area contributed by atoms with Crippen LogP contribution in [0, 0.1) is 17.0 Å². The number of thioether (sulfide) groups is 1. The van der Waals surface area contributed by atoms with Gasteiger partial charge in [-0.05, 0) is 30.7 Å². The maximum Gasteiger partial charge on any atom is 0.269 e. The van der Waals surface area contributed by atoms with Crippen molar-refractivity contribution in [3.63, 3.8) is 0 Å². The van der Waals surface area contributed by atoms with E-state index in [-0.39, 0.29) is 11.5 Å². The summed E-state index contributed by atoms with van der Waals surface area (Å²) in [5.41, 5.74) is 1.62. The predicted molar refractivity (Wildman–Crippen MR) is 79.3 cm³/mol. The van der Waals surface area contributed by atoms with Crippen LogP contribution >= 0.6 is 11.8 Å². The normalized spacial score (nSPS) is 10.2. The summed E-state index contributed by atoms with van der Waals surface area (Å²) in [6.45, 7) is 2.00. The molecule has 2 rings (SSSR count). The van der Waals surface area contributed by atoms with Crippen LogP contribution in [-0.2, 0) is 0 Å². The van der Waals surface area contributed by atoms with Crippen molar-refractivity contribution in [1.82, 2.24) is 0 Å². The van der Waals surface area contributed by atoms with Crippen LogP contribution in [0.5, 0.6) is 0 Å². The molecule has 0 saturated carbocycles. The highest BCUT2D eigenvalue weighted by Gasteiger charge is 2.10. The second-order valence-electron chi connectivity index (χ2n) is 4.28. The molecule has 0 aliphatic rings. The Morgan fingerprint density at radius 3 is 2.40 bits per heavy atom. The first-order chi connectivity index (χ1) is 9.58. The molecular weight excluding hydrogens is 274 g/mol. The van der Waals surface area contributed by atoms with Crippen LogP contribution in [0.15, 0.2) is 53.4 Å². The Labute approximate surface area is 121 Å². The fourth-order valence-corrected chi connectivity index (χ4v) is 2.64. The highest BCUT2D eigenvalue weighted by molar-refractivity contribution is 8.00.